The van der Waals surface area contributed by atoms with Gasteiger partial charge in [-0.25, -0.2) is 4.98 Å². The van der Waals surface area contributed by atoms with Crippen molar-refractivity contribution in [3.63, 3.8) is 0 Å². The molecule has 4 rings (SSSR count). The lowest BCUT2D eigenvalue weighted by Gasteiger charge is -2.11. The van der Waals surface area contributed by atoms with Gasteiger partial charge >= 0.3 is 0 Å². The molecule has 0 spiro atoms. The van der Waals surface area contributed by atoms with E-state index in [4.69, 9.17) is 0 Å². The third-order valence-corrected chi connectivity index (χ3v) is 5.87. The number of benzene rings is 3. The predicted octanol–water partition coefficient (Wildman–Crippen LogP) is 5.07. The van der Waals surface area contributed by atoms with E-state index in [9.17, 15) is 9.59 Å². The lowest BCUT2D eigenvalue weighted by atomic mass is 10.1. The first-order chi connectivity index (χ1) is 15.6. The van der Waals surface area contributed by atoms with Gasteiger partial charge < -0.3 is 15.2 Å². The van der Waals surface area contributed by atoms with Gasteiger partial charge in [0.1, 0.15) is 0 Å². The molecule has 2 amide bonds. The van der Waals surface area contributed by atoms with Gasteiger partial charge in [-0.3, -0.25) is 9.59 Å². The summed E-state index contributed by atoms with van der Waals surface area (Å²) in [5.74, 6) is -0.316. The molecule has 0 atom stereocenters. The zero-order valence-corrected chi connectivity index (χ0v) is 18.3. The number of carbonyl (C=O) groups is 2. The van der Waals surface area contributed by atoms with Gasteiger partial charge in [-0.1, -0.05) is 72.4 Å². The lowest BCUT2D eigenvalue weighted by molar-refractivity contribution is -0.113. The summed E-state index contributed by atoms with van der Waals surface area (Å²) in [6.07, 6.45) is 1.80. The maximum Gasteiger partial charge on any atom is 0.257 e. The van der Waals surface area contributed by atoms with Crippen molar-refractivity contribution in [2.45, 2.75) is 5.16 Å². The fraction of sp³-hybridized carbons (Fsp3) is 0.0800. The molecule has 2 N–H and O–H groups in total. The summed E-state index contributed by atoms with van der Waals surface area (Å²) in [5.41, 5.74) is 3.61. The molecule has 7 heteroatoms. The Kier molecular flexibility index (Phi) is 6.67. The molecular formula is C25H22N4O2S. The third kappa shape index (κ3) is 5.07. The molecule has 0 aliphatic heterocycles. The summed E-state index contributed by atoms with van der Waals surface area (Å²) in [6.45, 7) is 0. The summed E-state index contributed by atoms with van der Waals surface area (Å²) >= 11 is 1.35. The minimum Gasteiger partial charge on any atom is -0.325 e. The van der Waals surface area contributed by atoms with Crippen molar-refractivity contribution in [3.8, 4) is 11.3 Å². The number of imidazole rings is 1. The predicted molar refractivity (Wildman–Crippen MR) is 129 cm³/mol. The quantitative estimate of drug-likeness (QED) is 0.392. The van der Waals surface area contributed by atoms with Crippen molar-refractivity contribution < 1.29 is 9.59 Å². The second kappa shape index (κ2) is 9.98. The Hall–Kier alpha value is -3.84. The summed E-state index contributed by atoms with van der Waals surface area (Å²) < 4.78 is 1.97. The van der Waals surface area contributed by atoms with E-state index >= 15 is 0 Å². The Morgan fingerprint density at radius 1 is 0.875 bits per heavy atom. The fourth-order valence-corrected chi connectivity index (χ4v) is 3.98. The lowest BCUT2D eigenvalue weighted by Crippen LogP contribution is -2.19. The highest BCUT2D eigenvalue weighted by atomic mass is 32.2. The van der Waals surface area contributed by atoms with E-state index in [-0.39, 0.29) is 17.6 Å². The van der Waals surface area contributed by atoms with Gasteiger partial charge in [0.15, 0.2) is 5.16 Å². The monoisotopic (exact) mass is 442 g/mol. The highest BCUT2D eigenvalue weighted by molar-refractivity contribution is 7.99. The van der Waals surface area contributed by atoms with Crippen LogP contribution in [0.3, 0.4) is 0 Å². The molecular weight excluding hydrogens is 420 g/mol. The topological polar surface area (TPSA) is 76.0 Å². The number of hydrogen-bond donors (Lipinski definition) is 2. The van der Waals surface area contributed by atoms with Crippen LogP contribution in [0.2, 0.25) is 0 Å². The number of hydrogen-bond acceptors (Lipinski definition) is 4. The van der Waals surface area contributed by atoms with Crippen molar-refractivity contribution in [2.75, 3.05) is 16.4 Å². The molecule has 4 aromatic rings. The van der Waals surface area contributed by atoms with Gasteiger partial charge in [-0.05, 0) is 29.8 Å². The average Bonchev–Trinajstić information content (AvgIpc) is 3.19. The van der Waals surface area contributed by atoms with Crippen LogP contribution in [-0.4, -0.2) is 27.1 Å². The van der Waals surface area contributed by atoms with E-state index in [1.165, 1.54) is 11.8 Å². The molecule has 0 fully saturated rings. The van der Waals surface area contributed by atoms with Crippen LogP contribution in [-0.2, 0) is 11.8 Å². The number of nitrogens with zero attached hydrogens (tertiary/aromatic N) is 2. The first kappa shape index (κ1) is 21.4. The molecule has 0 bridgehead atoms. The zero-order valence-electron chi connectivity index (χ0n) is 17.5. The number of aromatic nitrogens is 2. The van der Waals surface area contributed by atoms with Crippen LogP contribution in [0, 0.1) is 0 Å². The van der Waals surface area contributed by atoms with E-state index in [0.29, 0.717) is 16.9 Å². The SMILES string of the molecule is Cn1c(-c2ccccc2)cnc1SCC(=O)Nc1ccccc1C(=O)Nc1ccccc1. The van der Waals surface area contributed by atoms with Gasteiger partial charge in [-0.2, -0.15) is 0 Å². The van der Waals surface area contributed by atoms with E-state index in [0.717, 1.165) is 16.4 Å². The summed E-state index contributed by atoms with van der Waals surface area (Å²) in [6, 6.07) is 26.1. The smallest absolute Gasteiger partial charge is 0.257 e. The number of amides is 2. The number of nitrogens with one attached hydrogen (secondary N) is 2. The maximum atomic E-state index is 12.7. The Balaban J connectivity index is 1.40. The molecule has 0 saturated carbocycles. The first-order valence-electron chi connectivity index (χ1n) is 10.1. The van der Waals surface area contributed by atoms with Crippen molar-refractivity contribution in [1.82, 2.24) is 9.55 Å². The second-order valence-corrected chi connectivity index (χ2v) is 8.00. The maximum absolute atomic E-state index is 12.7. The van der Waals surface area contributed by atoms with Crippen LogP contribution in [0.1, 0.15) is 10.4 Å². The standard InChI is InChI=1S/C25H22N4O2S/c1-29-22(18-10-4-2-5-11-18)16-26-25(29)32-17-23(30)28-21-15-9-8-14-20(21)24(31)27-19-12-6-3-7-13-19/h2-16H,17H2,1H3,(H,27,31)(H,28,30). The van der Waals surface area contributed by atoms with Crippen LogP contribution in [0.4, 0.5) is 11.4 Å². The Morgan fingerprint density at radius 2 is 1.53 bits per heavy atom. The zero-order chi connectivity index (χ0) is 22.3. The van der Waals surface area contributed by atoms with Crippen molar-refractivity contribution >= 4 is 35.0 Å². The molecule has 0 aliphatic rings. The normalized spacial score (nSPS) is 10.5. The molecule has 0 radical (unpaired) electrons. The third-order valence-electron chi connectivity index (χ3n) is 4.82. The number of para-hydroxylation sites is 2. The van der Waals surface area contributed by atoms with Crippen LogP contribution < -0.4 is 10.6 Å². The molecule has 160 valence electrons. The number of carbonyl (C=O) groups excluding carboxylic acids is 2. The molecule has 0 saturated heterocycles. The van der Waals surface area contributed by atoms with Gasteiger partial charge in [0.25, 0.3) is 5.91 Å². The minimum absolute atomic E-state index is 0.174. The summed E-state index contributed by atoms with van der Waals surface area (Å²) in [5, 5.41) is 6.44. The molecule has 1 heterocycles. The van der Waals surface area contributed by atoms with E-state index in [1.54, 1.807) is 30.5 Å². The van der Waals surface area contributed by atoms with Gasteiger partial charge in [0, 0.05) is 12.7 Å². The van der Waals surface area contributed by atoms with E-state index < -0.39 is 0 Å². The molecule has 32 heavy (non-hydrogen) atoms. The summed E-state index contributed by atoms with van der Waals surface area (Å²) in [4.78, 5) is 29.7. The molecule has 6 nitrogen and oxygen atoms in total. The highest BCUT2D eigenvalue weighted by Gasteiger charge is 2.15. The molecule has 0 aliphatic carbocycles. The summed E-state index contributed by atoms with van der Waals surface area (Å²) in [7, 11) is 1.93. The van der Waals surface area contributed by atoms with Gasteiger partial charge in [0.05, 0.1) is 28.9 Å². The number of thioether (sulfide) groups is 1. The Labute approximate surface area is 190 Å². The van der Waals surface area contributed by atoms with E-state index in [2.05, 4.69) is 15.6 Å². The molecule has 1 aromatic heterocycles. The molecule has 3 aromatic carbocycles. The fourth-order valence-electron chi connectivity index (χ4n) is 3.23. The second-order valence-electron chi connectivity index (χ2n) is 7.05. The Bertz CT molecular complexity index is 1220. The van der Waals surface area contributed by atoms with E-state index in [1.807, 2.05) is 72.3 Å². The highest BCUT2D eigenvalue weighted by Crippen LogP contribution is 2.25. The average molecular weight is 443 g/mol. The Morgan fingerprint density at radius 3 is 2.28 bits per heavy atom. The van der Waals surface area contributed by atoms with Crippen LogP contribution in [0.25, 0.3) is 11.3 Å². The number of rotatable bonds is 7. The van der Waals surface area contributed by atoms with Gasteiger partial charge in [0.2, 0.25) is 5.91 Å². The largest absolute Gasteiger partial charge is 0.325 e. The number of anilines is 2. The minimum atomic E-state index is -0.281. The van der Waals surface area contributed by atoms with Crippen LogP contribution in [0.5, 0.6) is 0 Å². The van der Waals surface area contributed by atoms with Crippen molar-refractivity contribution in [2.24, 2.45) is 7.05 Å². The van der Waals surface area contributed by atoms with Crippen molar-refractivity contribution in [3.05, 3.63) is 96.7 Å². The first-order valence-corrected chi connectivity index (χ1v) is 11.1. The van der Waals surface area contributed by atoms with Crippen LogP contribution >= 0.6 is 11.8 Å². The van der Waals surface area contributed by atoms with Crippen molar-refractivity contribution in [1.29, 1.82) is 0 Å². The van der Waals surface area contributed by atoms with Gasteiger partial charge in [-0.15, -0.1) is 0 Å². The van der Waals surface area contributed by atoms with Crippen LogP contribution in [0.15, 0.2) is 96.3 Å². The molecule has 0 unspecified atom stereocenters.